The Balaban J connectivity index is 1.91. The first-order valence-electron chi connectivity index (χ1n) is 8.93. The molecule has 0 radical (unpaired) electrons. The van der Waals surface area contributed by atoms with Crippen LogP contribution in [0.15, 0.2) is 42.5 Å². The number of thiophene rings is 1. The fourth-order valence-corrected chi connectivity index (χ4v) is 4.40. The summed E-state index contributed by atoms with van der Waals surface area (Å²) in [6.45, 7) is 2.31. The third kappa shape index (κ3) is 4.63. The minimum atomic E-state index is -1.29. The summed E-state index contributed by atoms with van der Waals surface area (Å²) in [6, 6.07) is 11.6. The molecule has 1 aromatic heterocycles. The van der Waals surface area contributed by atoms with Crippen molar-refractivity contribution in [1.82, 2.24) is 5.32 Å². The lowest BCUT2D eigenvalue weighted by atomic mass is 10.0. The Morgan fingerprint density at radius 2 is 1.97 bits per heavy atom. The summed E-state index contributed by atoms with van der Waals surface area (Å²) < 4.78 is 11.7. The molecule has 6 nitrogen and oxygen atoms in total. The Morgan fingerprint density at radius 3 is 2.62 bits per heavy atom. The minimum absolute atomic E-state index is 0.328. The second-order valence-corrected chi connectivity index (χ2v) is 7.62. The highest BCUT2D eigenvalue weighted by atomic mass is 35.5. The van der Waals surface area contributed by atoms with Crippen LogP contribution in [0.4, 0.5) is 0 Å². The van der Waals surface area contributed by atoms with Gasteiger partial charge in [0.2, 0.25) is 0 Å². The number of hydrogen-bond donors (Lipinski definition) is 1. The van der Waals surface area contributed by atoms with Crippen LogP contribution >= 0.6 is 22.9 Å². The Morgan fingerprint density at radius 1 is 1.21 bits per heavy atom. The number of ether oxygens (including phenoxy) is 2. The van der Waals surface area contributed by atoms with Crippen LogP contribution in [0.3, 0.4) is 0 Å². The normalized spacial score (nSPS) is 11.8. The van der Waals surface area contributed by atoms with E-state index in [1.165, 1.54) is 18.4 Å². The van der Waals surface area contributed by atoms with Crippen molar-refractivity contribution >= 4 is 44.9 Å². The van der Waals surface area contributed by atoms with E-state index < -0.39 is 24.3 Å². The number of aliphatic carboxylic acids is 1. The average Bonchev–Trinajstić information content (AvgIpc) is 3.04. The van der Waals surface area contributed by atoms with Crippen LogP contribution in [-0.2, 0) is 4.79 Å². The van der Waals surface area contributed by atoms with Gasteiger partial charge in [0.1, 0.15) is 4.88 Å². The summed E-state index contributed by atoms with van der Waals surface area (Å²) in [5.41, 5.74) is 0.556. The van der Waals surface area contributed by atoms with Gasteiger partial charge < -0.3 is 24.7 Å². The van der Waals surface area contributed by atoms with Crippen molar-refractivity contribution in [1.29, 1.82) is 0 Å². The first-order valence-corrected chi connectivity index (χ1v) is 10.1. The van der Waals surface area contributed by atoms with E-state index in [0.29, 0.717) is 33.6 Å². The SMILES string of the molecule is CCOc1ccc(C(CC(=O)[O-])NC(=O)c2sc3ccccc3c2Cl)cc1OC. The number of methoxy groups -OCH3 is 1. The molecule has 1 unspecified atom stereocenters. The van der Waals surface area contributed by atoms with Crippen molar-refractivity contribution < 1.29 is 24.2 Å². The van der Waals surface area contributed by atoms with Crippen LogP contribution in [0, 0.1) is 0 Å². The molecule has 0 aliphatic carbocycles. The summed E-state index contributed by atoms with van der Waals surface area (Å²) >= 11 is 7.63. The van der Waals surface area contributed by atoms with Gasteiger partial charge in [-0.25, -0.2) is 0 Å². The molecule has 152 valence electrons. The molecule has 0 spiro atoms. The predicted octanol–water partition coefficient (Wildman–Crippen LogP) is 3.57. The van der Waals surface area contributed by atoms with Crippen LogP contribution in [0.1, 0.15) is 34.6 Å². The van der Waals surface area contributed by atoms with Crippen molar-refractivity contribution in [2.24, 2.45) is 0 Å². The smallest absolute Gasteiger partial charge is 0.263 e. The topological polar surface area (TPSA) is 87.7 Å². The summed E-state index contributed by atoms with van der Waals surface area (Å²) in [4.78, 5) is 24.5. The Labute approximate surface area is 177 Å². The number of nitrogens with one attached hydrogen (secondary N) is 1. The molecule has 0 bridgehead atoms. The fourth-order valence-electron chi connectivity index (χ4n) is 2.98. The highest BCUT2D eigenvalue weighted by Crippen LogP contribution is 2.36. The zero-order valence-corrected chi connectivity index (χ0v) is 17.4. The third-order valence-electron chi connectivity index (χ3n) is 4.31. The highest BCUT2D eigenvalue weighted by Gasteiger charge is 2.22. The number of hydrogen-bond acceptors (Lipinski definition) is 6. The van der Waals surface area contributed by atoms with Gasteiger partial charge in [0, 0.05) is 22.5 Å². The highest BCUT2D eigenvalue weighted by molar-refractivity contribution is 7.21. The first kappa shape index (κ1) is 21.0. The van der Waals surface area contributed by atoms with Crippen LogP contribution in [0.25, 0.3) is 10.1 Å². The van der Waals surface area contributed by atoms with Crippen molar-refractivity contribution in [3.63, 3.8) is 0 Å². The summed E-state index contributed by atoms with van der Waals surface area (Å²) in [6.07, 6.45) is -0.397. The van der Waals surface area contributed by atoms with Crippen molar-refractivity contribution in [2.45, 2.75) is 19.4 Å². The molecular formula is C21H19ClNO5S-. The molecule has 1 atom stereocenters. The summed E-state index contributed by atoms with van der Waals surface area (Å²) in [5, 5.41) is 15.2. The van der Waals surface area contributed by atoms with E-state index in [0.717, 1.165) is 10.1 Å². The molecule has 2 aromatic carbocycles. The summed E-state index contributed by atoms with van der Waals surface area (Å²) in [5.74, 6) is -0.757. The molecule has 0 aliphatic heterocycles. The van der Waals surface area contributed by atoms with Gasteiger partial charge in [-0.05, 0) is 30.7 Å². The van der Waals surface area contributed by atoms with Crippen molar-refractivity contribution in [3.05, 3.63) is 57.9 Å². The number of fused-ring (bicyclic) bond motifs is 1. The van der Waals surface area contributed by atoms with Crippen LogP contribution in [0.5, 0.6) is 11.5 Å². The molecule has 0 saturated carbocycles. The maximum absolute atomic E-state index is 12.9. The van der Waals surface area contributed by atoms with E-state index >= 15 is 0 Å². The molecular weight excluding hydrogens is 414 g/mol. The average molecular weight is 433 g/mol. The van der Waals surface area contributed by atoms with Gasteiger partial charge in [-0.15, -0.1) is 11.3 Å². The van der Waals surface area contributed by atoms with Crippen LogP contribution in [-0.4, -0.2) is 25.6 Å². The van der Waals surface area contributed by atoms with E-state index in [2.05, 4.69) is 5.32 Å². The van der Waals surface area contributed by atoms with E-state index in [1.807, 2.05) is 31.2 Å². The molecule has 3 aromatic rings. The molecule has 1 N–H and O–H groups in total. The maximum atomic E-state index is 12.9. The van der Waals surface area contributed by atoms with Crippen molar-refractivity contribution in [3.8, 4) is 11.5 Å². The minimum Gasteiger partial charge on any atom is -0.550 e. The molecule has 0 saturated heterocycles. The van der Waals surface area contributed by atoms with Gasteiger partial charge in [-0.1, -0.05) is 35.9 Å². The number of benzene rings is 2. The monoisotopic (exact) mass is 432 g/mol. The fraction of sp³-hybridized carbons (Fsp3) is 0.238. The first-order chi connectivity index (χ1) is 13.9. The van der Waals surface area contributed by atoms with Crippen molar-refractivity contribution in [2.75, 3.05) is 13.7 Å². The quantitative estimate of drug-likeness (QED) is 0.587. The van der Waals surface area contributed by atoms with E-state index in [4.69, 9.17) is 21.1 Å². The zero-order valence-electron chi connectivity index (χ0n) is 15.9. The zero-order chi connectivity index (χ0) is 21.0. The number of carbonyl (C=O) groups excluding carboxylic acids is 2. The maximum Gasteiger partial charge on any atom is 0.263 e. The predicted molar refractivity (Wildman–Crippen MR) is 111 cm³/mol. The van der Waals surface area contributed by atoms with E-state index in [-0.39, 0.29) is 0 Å². The molecule has 3 rings (SSSR count). The van der Waals surface area contributed by atoms with Gasteiger partial charge in [0.15, 0.2) is 11.5 Å². The second kappa shape index (κ2) is 9.15. The van der Waals surface area contributed by atoms with Gasteiger partial charge in [-0.2, -0.15) is 0 Å². The molecule has 0 aliphatic rings. The molecule has 29 heavy (non-hydrogen) atoms. The molecule has 0 fully saturated rings. The molecule has 8 heteroatoms. The van der Waals surface area contributed by atoms with Gasteiger partial charge in [0.05, 0.1) is 24.8 Å². The lowest BCUT2D eigenvalue weighted by Crippen LogP contribution is -2.34. The third-order valence-corrected chi connectivity index (χ3v) is 5.98. The van der Waals surface area contributed by atoms with Crippen LogP contribution in [0.2, 0.25) is 5.02 Å². The van der Waals surface area contributed by atoms with E-state index in [9.17, 15) is 14.7 Å². The number of halogens is 1. The number of carboxylic acid groups (broad SMARTS) is 1. The van der Waals surface area contributed by atoms with Crippen LogP contribution < -0.4 is 19.9 Å². The van der Waals surface area contributed by atoms with Gasteiger partial charge in [0.25, 0.3) is 5.91 Å². The van der Waals surface area contributed by atoms with Gasteiger partial charge >= 0.3 is 0 Å². The van der Waals surface area contributed by atoms with Gasteiger partial charge in [-0.3, -0.25) is 4.79 Å². The number of amides is 1. The Bertz CT molecular complexity index is 1050. The Kier molecular flexibility index (Phi) is 6.61. The molecule has 1 heterocycles. The molecule has 1 amide bonds. The number of carbonyl (C=O) groups is 2. The van der Waals surface area contributed by atoms with E-state index in [1.54, 1.807) is 18.2 Å². The second-order valence-electron chi connectivity index (χ2n) is 6.19. The summed E-state index contributed by atoms with van der Waals surface area (Å²) in [7, 11) is 1.49. The lowest BCUT2D eigenvalue weighted by molar-refractivity contribution is -0.306. The lowest BCUT2D eigenvalue weighted by Gasteiger charge is -2.21. The number of carboxylic acids is 1. The number of rotatable bonds is 8. The standard InChI is InChI=1S/C21H20ClNO5S/c1-3-28-15-9-8-12(10-16(15)27-2)14(11-18(24)25)23-21(26)20-19(22)13-6-4-5-7-17(13)29-20/h4-10,14H,3,11H2,1-2H3,(H,23,26)(H,24,25)/p-1. The Hall–Kier alpha value is -2.77. The largest absolute Gasteiger partial charge is 0.550 e.